The predicted molar refractivity (Wildman–Crippen MR) is 91.7 cm³/mol. The van der Waals surface area contributed by atoms with E-state index in [1.54, 1.807) is 0 Å². The summed E-state index contributed by atoms with van der Waals surface area (Å²) < 4.78 is 3.50. The van der Waals surface area contributed by atoms with Crippen LogP contribution >= 0.6 is 66.4 Å². The third-order valence-corrected chi connectivity index (χ3v) is 5.37. The second-order valence-corrected chi connectivity index (χ2v) is 7.99. The fraction of sp³-hybridized carbons (Fsp3) is 0.231. The average molecular weight is 444 g/mol. The molecule has 102 valence electrons. The molecule has 2 rings (SSSR count). The molecule has 19 heavy (non-hydrogen) atoms. The largest absolute Gasteiger partial charge is 0.306 e. The Morgan fingerprint density at radius 1 is 1.21 bits per heavy atom. The molecule has 1 nitrogen and oxygen atoms in total. The molecule has 0 saturated carbocycles. The van der Waals surface area contributed by atoms with Crippen molar-refractivity contribution in [1.29, 1.82) is 0 Å². The molecule has 1 heterocycles. The van der Waals surface area contributed by atoms with Crippen molar-refractivity contribution >= 4 is 66.4 Å². The lowest BCUT2D eigenvalue weighted by molar-refractivity contribution is 0.630. The Labute approximate surface area is 143 Å². The number of thiophene rings is 1. The highest BCUT2D eigenvalue weighted by atomic mass is 79.9. The molecule has 1 aromatic heterocycles. The van der Waals surface area contributed by atoms with Crippen LogP contribution in [0.15, 0.2) is 33.2 Å². The lowest BCUT2D eigenvalue weighted by atomic mass is 10.0. The summed E-state index contributed by atoms with van der Waals surface area (Å²) >= 11 is 20.8. The smallest absolute Gasteiger partial charge is 0.0995 e. The molecule has 0 aliphatic rings. The van der Waals surface area contributed by atoms with Gasteiger partial charge in [-0.05, 0) is 30.3 Å². The Balaban J connectivity index is 2.48. The maximum atomic E-state index is 6.28. The monoisotopic (exact) mass is 441 g/mol. The fourth-order valence-electron chi connectivity index (χ4n) is 1.88. The molecule has 2 aromatic rings. The third-order valence-electron chi connectivity index (χ3n) is 2.68. The van der Waals surface area contributed by atoms with Crippen molar-refractivity contribution in [3.63, 3.8) is 0 Å². The van der Waals surface area contributed by atoms with Gasteiger partial charge in [0.05, 0.1) is 14.7 Å². The van der Waals surface area contributed by atoms with Crippen LogP contribution in [0.5, 0.6) is 0 Å². The number of nitrogens with one attached hydrogen (secondary N) is 1. The van der Waals surface area contributed by atoms with Gasteiger partial charge in [0, 0.05) is 14.5 Å². The van der Waals surface area contributed by atoms with Gasteiger partial charge in [0.1, 0.15) is 0 Å². The van der Waals surface area contributed by atoms with E-state index in [1.165, 1.54) is 11.3 Å². The molecule has 6 heteroatoms. The second-order valence-electron chi connectivity index (χ2n) is 3.94. The van der Waals surface area contributed by atoms with Gasteiger partial charge < -0.3 is 5.32 Å². The second kappa shape index (κ2) is 6.92. The van der Waals surface area contributed by atoms with Crippen molar-refractivity contribution in [2.24, 2.45) is 0 Å². The summed E-state index contributed by atoms with van der Waals surface area (Å²) in [6.45, 7) is 2.92. The van der Waals surface area contributed by atoms with Gasteiger partial charge in [0.2, 0.25) is 0 Å². The maximum Gasteiger partial charge on any atom is 0.0995 e. The summed E-state index contributed by atoms with van der Waals surface area (Å²) in [5.41, 5.74) is 2.16. The van der Waals surface area contributed by atoms with Crippen molar-refractivity contribution < 1.29 is 0 Å². The molecular formula is C13H11Br2Cl2NS. The highest BCUT2D eigenvalue weighted by Gasteiger charge is 2.20. The van der Waals surface area contributed by atoms with Gasteiger partial charge in [-0.15, -0.1) is 11.3 Å². The van der Waals surface area contributed by atoms with Crippen LogP contribution in [0, 0.1) is 0 Å². The highest BCUT2D eigenvalue weighted by molar-refractivity contribution is 9.11. The molecule has 0 amide bonds. The Kier molecular flexibility index (Phi) is 5.76. The van der Waals surface area contributed by atoms with Gasteiger partial charge in [0.25, 0.3) is 0 Å². The molecule has 0 aliphatic heterocycles. The topological polar surface area (TPSA) is 12.0 Å². The van der Waals surface area contributed by atoms with E-state index in [0.29, 0.717) is 4.34 Å². The molecule has 1 atom stereocenters. The highest BCUT2D eigenvalue weighted by Crippen LogP contribution is 2.39. The molecule has 0 radical (unpaired) electrons. The van der Waals surface area contributed by atoms with E-state index >= 15 is 0 Å². The van der Waals surface area contributed by atoms with Crippen LogP contribution in [-0.4, -0.2) is 6.54 Å². The van der Waals surface area contributed by atoms with Gasteiger partial charge in [-0.1, -0.05) is 68.1 Å². The lowest BCUT2D eigenvalue weighted by Gasteiger charge is -2.19. The van der Waals surface area contributed by atoms with Crippen molar-refractivity contribution in [3.05, 3.63) is 53.0 Å². The summed E-state index contributed by atoms with van der Waals surface area (Å²) in [6.07, 6.45) is 0. The first-order chi connectivity index (χ1) is 9.02. The van der Waals surface area contributed by atoms with Crippen molar-refractivity contribution in [3.8, 4) is 0 Å². The third kappa shape index (κ3) is 3.74. The molecule has 0 bridgehead atoms. The summed E-state index contributed by atoms with van der Waals surface area (Å²) in [5, 5.41) is 3.45. The molecule has 1 N–H and O–H groups in total. The Bertz CT molecular complexity index is 586. The van der Waals surface area contributed by atoms with Crippen LogP contribution < -0.4 is 5.32 Å². The number of rotatable bonds is 4. The van der Waals surface area contributed by atoms with E-state index in [-0.39, 0.29) is 6.04 Å². The van der Waals surface area contributed by atoms with Gasteiger partial charge >= 0.3 is 0 Å². The first kappa shape index (κ1) is 15.8. The molecule has 0 fully saturated rings. The van der Waals surface area contributed by atoms with E-state index in [1.807, 2.05) is 18.2 Å². The number of hydrogen-bond acceptors (Lipinski definition) is 2. The van der Waals surface area contributed by atoms with Crippen molar-refractivity contribution in [2.45, 2.75) is 13.0 Å². The standard InChI is InChI=1S/C13H11Br2Cl2NS/c1-2-18-12(9-6-11(16)19-13(9)17)8-4-3-7(14)5-10(8)15/h3-6,12,18H,2H2,1H3. The van der Waals surface area contributed by atoms with Crippen molar-refractivity contribution in [1.82, 2.24) is 5.32 Å². The quantitative estimate of drug-likeness (QED) is 0.586. The van der Waals surface area contributed by atoms with Gasteiger partial charge in [-0.3, -0.25) is 0 Å². The predicted octanol–water partition coefficient (Wildman–Crippen LogP) is 6.28. The number of benzene rings is 1. The van der Waals surface area contributed by atoms with Crippen molar-refractivity contribution in [2.75, 3.05) is 6.54 Å². The average Bonchev–Trinajstić information content (AvgIpc) is 2.66. The first-order valence-corrected chi connectivity index (χ1v) is 8.81. The van der Waals surface area contributed by atoms with Gasteiger partial charge in [-0.25, -0.2) is 0 Å². The lowest BCUT2D eigenvalue weighted by Crippen LogP contribution is -2.22. The van der Waals surface area contributed by atoms with Crippen LogP contribution in [0.1, 0.15) is 24.1 Å². The van der Waals surface area contributed by atoms with E-state index in [4.69, 9.17) is 23.2 Å². The minimum atomic E-state index is 0.0312. The molecular weight excluding hydrogens is 433 g/mol. The van der Waals surface area contributed by atoms with Gasteiger partial charge in [0.15, 0.2) is 0 Å². The van der Waals surface area contributed by atoms with Crippen LogP contribution in [0.2, 0.25) is 8.67 Å². The van der Waals surface area contributed by atoms with Crippen LogP contribution in [0.3, 0.4) is 0 Å². The van der Waals surface area contributed by atoms with E-state index in [2.05, 4.69) is 50.2 Å². The molecule has 1 unspecified atom stereocenters. The molecule has 0 spiro atoms. The Morgan fingerprint density at radius 3 is 2.47 bits per heavy atom. The first-order valence-electron chi connectivity index (χ1n) is 5.66. The Hall–Kier alpha value is 0.420. The minimum Gasteiger partial charge on any atom is -0.306 e. The van der Waals surface area contributed by atoms with E-state index in [9.17, 15) is 0 Å². The van der Waals surface area contributed by atoms with Crippen LogP contribution in [0.4, 0.5) is 0 Å². The summed E-state index contributed by atoms with van der Waals surface area (Å²) in [6, 6.07) is 8.08. The van der Waals surface area contributed by atoms with Crippen LogP contribution in [0.25, 0.3) is 0 Å². The zero-order chi connectivity index (χ0) is 14.0. The fourth-order valence-corrected chi connectivity index (χ4v) is 4.69. The van der Waals surface area contributed by atoms with Crippen LogP contribution in [-0.2, 0) is 0 Å². The molecule has 0 aliphatic carbocycles. The maximum absolute atomic E-state index is 6.28. The van der Waals surface area contributed by atoms with E-state index in [0.717, 1.165) is 31.0 Å². The SMILES string of the molecule is CCNC(c1ccc(Br)cc1Br)c1cc(Cl)sc1Cl. The number of halogens is 4. The summed E-state index contributed by atoms with van der Waals surface area (Å²) in [5.74, 6) is 0. The van der Waals surface area contributed by atoms with E-state index < -0.39 is 0 Å². The zero-order valence-corrected chi connectivity index (χ0v) is 15.5. The molecule has 1 aromatic carbocycles. The normalized spacial score (nSPS) is 12.7. The minimum absolute atomic E-state index is 0.0312. The summed E-state index contributed by atoms with van der Waals surface area (Å²) in [7, 11) is 0. The molecule has 0 saturated heterocycles. The summed E-state index contributed by atoms with van der Waals surface area (Å²) in [4.78, 5) is 0. The number of hydrogen-bond donors (Lipinski definition) is 1. The van der Waals surface area contributed by atoms with Gasteiger partial charge in [-0.2, -0.15) is 0 Å². The Morgan fingerprint density at radius 2 is 1.95 bits per heavy atom. The zero-order valence-electron chi connectivity index (χ0n) is 10.0.